The molecule has 144 valence electrons. The molecule has 4 rings (SSSR count). The summed E-state index contributed by atoms with van der Waals surface area (Å²) in [5.41, 5.74) is 2.36. The molecule has 1 amide bonds. The van der Waals surface area contributed by atoms with Crippen molar-refractivity contribution in [3.05, 3.63) is 48.7 Å². The second kappa shape index (κ2) is 7.95. The number of pyridine rings is 1. The van der Waals surface area contributed by atoms with Crippen LogP contribution in [0.25, 0.3) is 22.0 Å². The van der Waals surface area contributed by atoms with Crippen molar-refractivity contribution in [2.75, 3.05) is 45.1 Å². The second-order valence-corrected chi connectivity index (χ2v) is 6.96. The highest BCUT2D eigenvalue weighted by molar-refractivity contribution is 5.92. The highest BCUT2D eigenvalue weighted by atomic mass is 19.1. The average Bonchev–Trinajstić information content (AvgIpc) is 2.70. The SMILES string of the molecule is CN1CCN(CC(=O)Nc2ncc3ccc(-c4ccc(F)nc4)cc3n2)CC1. The van der Waals surface area contributed by atoms with Crippen LogP contribution in [-0.2, 0) is 4.79 Å². The standard InChI is InChI=1S/C20H21FN6O/c1-26-6-8-27(9-7-26)13-19(28)25-20-23-12-16-3-2-14(10-17(16)24-20)15-4-5-18(21)22-11-15/h2-5,10-12H,6-9,13H2,1H3,(H,23,24,25,28). The Morgan fingerprint density at radius 2 is 1.86 bits per heavy atom. The van der Waals surface area contributed by atoms with Crippen LogP contribution in [0.5, 0.6) is 0 Å². The minimum Gasteiger partial charge on any atom is -0.304 e. The van der Waals surface area contributed by atoms with Gasteiger partial charge in [0.15, 0.2) is 0 Å². The van der Waals surface area contributed by atoms with Crippen molar-refractivity contribution in [1.82, 2.24) is 24.8 Å². The van der Waals surface area contributed by atoms with Crippen LogP contribution in [0.1, 0.15) is 0 Å². The number of piperazine rings is 1. The zero-order valence-corrected chi connectivity index (χ0v) is 15.6. The molecule has 8 heteroatoms. The maximum absolute atomic E-state index is 13.0. The molecule has 0 aliphatic carbocycles. The minimum absolute atomic E-state index is 0.122. The largest absolute Gasteiger partial charge is 0.304 e. The van der Waals surface area contributed by atoms with Gasteiger partial charge in [-0.05, 0) is 30.8 Å². The van der Waals surface area contributed by atoms with Gasteiger partial charge < -0.3 is 4.90 Å². The molecule has 3 aromatic rings. The number of halogens is 1. The van der Waals surface area contributed by atoms with E-state index in [4.69, 9.17) is 0 Å². The van der Waals surface area contributed by atoms with Gasteiger partial charge in [-0.25, -0.2) is 15.0 Å². The van der Waals surface area contributed by atoms with Crippen molar-refractivity contribution >= 4 is 22.8 Å². The number of hydrogen-bond acceptors (Lipinski definition) is 6. The topological polar surface area (TPSA) is 74.2 Å². The Morgan fingerprint density at radius 3 is 2.61 bits per heavy atom. The van der Waals surface area contributed by atoms with Crippen molar-refractivity contribution in [2.24, 2.45) is 0 Å². The summed E-state index contributed by atoms with van der Waals surface area (Å²) in [4.78, 5) is 29.1. The van der Waals surface area contributed by atoms with Gasteiger partial charge >= 0.3 is 0 Å². The highest BCUT2D eigenvalue weighted by Crippen LogP contribution is 2.23. The molecule has 1 N–H and O–H groups in total. The summed E-state index contributed by atoms with van der Waals surface area (Å²) in [6, 6.07) is 8.67. The molecule has 1 fully saturated rings. The lowest BCUT2D eigenvalue weighted by molar-refractivity contribution is -0.117. The zero-order valence-electron chi connectivity index (χ0n) is 15.6. The van der Waals surface area contributed by atoms with E-state index < -0.39 is 5.95 Å². The first kappa shape index (κ1) is 18.4. The smallest absolute Gasteiger partial charge is 0.240 e. The summed E-state index contributed by atoms with van der Waals surface area (Å²) in [6.45, 7) is 3.99. The third-order valence-corrected chi connectivity index (χ3v) is 4.86. The number of amides is 1. The third kappa shape index (κ3) is 4.29. The minimum atomic E-state index is -0.516. The third-order valence-electron chi connectivity index (χ3n) is 4.86. The lowest BCUT2D eigenvalue weighted by atomic mass is 10.1. The fourth-order valence-electron chi connectivity index (χ4n) is 3.18. The van der Waals surface area contributed by atoms with Crippen LogP contribution in [0.3, 0.4) is 0 Å². The second-order valence-electron chi connectivity index (χ2n) is 6.96. The first-order chi connectivity index (χ1) is 13.6. The van der Waals surface area contributed by atoms with Crippen LogP contribution in [0.15, 0.2) is 42.7 Å². The molecule has 0 atom stereocenters. The van der Waals surface area contributed by atoms with Crippen LogP contribution in [-0.4, -0.2) is 70.4 Å². The number of aromatic nitrogens is 3. The van der Waals surface area contributed by atoms with E-state index in [1.54, 1.807) is 12.3 Å². The Bertz CT molecular complexity index is 986. The van der Waals surface area contributed by atoms with Gasteiger partial charge in [0.25, 0.3) is 0 Å². The predicted molar refractivity (Wildman–Crippen MR) is 105 cm³/mol. The number of hydrogen-bond donors (Lipinski definition) is 1. The Labute approximate surface area is 162 Å². The van der Waals surface area contributed by atoms with E-state index in [1.165, 1.54) is 12.3 Å². The monoisotopic (exact) mass is 380 g/mol. The molecule has 7 nitrogen and oxygen atoms in total. The van der Waals surface area contributed by atoms with E-state index in [0.717, 1.165) is 42.7 Å². The number of benzene rings is 1. The molecule has 0 saturated carbocycles. The maximum atomic E-state index is 13.0. The molecule has 0 radical (unpaired) electrons. The lowest BCUT2D eigenvalue weighted by Crippen LogP contribution is -2.47. The van der Waals surface area contributed by atoms with E-state index in [2.05, 4.69) is 37.1 Å². The van der Waals surface area contributed by atoms with E-state index in [1.807, 2.05) is 18.2 Å². The molecule has 0 spiro atoms. The van der Waals surface area contributed by atoms with Gasteiger partial charge in [0.05, 0.1) is 12.1 Å². The summed E-state index contributed by atoms with van der Waals surface area (Å²) < 4.78 is 13.0. The molecular weight excluding hydrogens is 359 g/mol. The fraction of sp³-hybridized carbons (Fsp3) is 0.300. The number of fused-ring (bicyclic) bond motifs is 1. The van der Waals surface area contributed by atoms with Crippen molar-refractivity contribution in [3.8, 4) is 11.1 Å². The van der Waals surface area contributed by atoms with Gasteiger partial charge in [-0.3, -0.25) is 15.0 Å². The van der Waals surface area contributed by atoms with Gasteiger partial charge in [0.2, 0.25) is 17.8 Å². The Kier molecular flexibility index (Phi) is 5.23. The molecule has 28 heavy (non-hydrogen) atoms. The Balaban J connectivity index is 1.48. The number of carbonyl (C=O) groups excluding carboxylic acids is 1. The van der Waals surface area contributed by atoms with Crippen LogP contribution in [0.4, 0.5) is 10.3 Å². The molecule has 1 saturated heterocycles. The van der Waals surface area contributed by atoms with Gasteiger partial charge in [-0.1, -0.05) is 12.1 Å². The number of likely N-dealkylation sites (N-methyl/N-ethyl adjacent to an activating group) is 1. The summed E-state index contributed by atoms with van der Waals surface area (Å²) in [5.74, 6) is -0.360. The van der Waals surface area contributed by atoms with Gasteiger partial charge in [-0.2, -0.15) is 4.39 Å². The van der Waals surface area contributed by atoms with Crippen LogP contribution in [0.2, 0.25) is 0 Å². The molecule has 1 aliphatic rings. The first-order valence-corrected chi connectivity index (χ1v) is 9.16. The number of carbonyl (C=O) groups is 1. The average molecular weight is 380 g/mol. The van der Waals surface area contributed by atoms with Crippen LogP contribution in [0, 0.1) is 5.95 Å². The maximum Gasteiger partial charge on any atom is 0.240 e. The van der Waals surface area contributed by atoms with E-state index in [-0.39, 0.29) is 11.9 Å². The number of rotatable bonds is 4. The van der Waals surface area contributed by atoms with E-state index in [0.29, 0.717) is 12.1 Å². The van der Waals surface area contributed by atoms with E-state index >= 15 is 0 Å². The highest BCUT2D eigenvalue weighted by Gasteiger charge is 2.17. The first-order valence-electron chi connectivity index (χ1n) is 9.16. The molecule has 1 aliphatic heterocycles. The Morgan fingerprint density at radius 1 is 1.07 bits per heavy atom. The van der Waals surface area contributed by atoms with Crippen molar-refractivity contribution in [3.63, 3.8) is 0 Å². The van der Waals surface area contributed by atoms with Crippen molar-refractivity contribution < 1.29 is 9.18 Å². The van der Waals surface area contributed by atoms with Crippen molar-refractivity contribution in [2.45, 2.75) is 0 Å². The predicted octanol–water partition coefficient (Wildman–Crippen LogP) is 2.02. The molecular formula is C20H21FN6O. The molecule has 0 bridgehead atoms. The summed E-state index contributed by atoms with van der Waals surface area (Å²) in [5, 5.41) is 3.64. The Hall–Kier alpha value is -2.97. The van der Waals surface area contributed by atoms with Gasteiger partial charge in [0.1, 0.15) is 0 Å². The quantitative estimate of drug-likeness (QED) is 0.698. The number of nitrogens with one attached hydrogen (secondary N) is 1. The molecule has 3 heterocycles. The van der Waals surface area contributed by atoms with Gasteiger partial charge in [0, 0.05) is 49.5 Å². The number of anilines is 1. The molecule has 1 aromatic carbocycles. The fourth-order valence-corrected chi connectivity index (χ4v) is 3.18. The summed E-state index contributed by atoms with van der Waals surface area (Å²) in [6.07, 6.45) is 3.16. The zero-order chi connectivity index (χ0) is 19.5. The molecule has 2 aromatic heterocycles. The molecule has 0 unspecified atom stereocenters. The summed E-state index contributed by atoms with van der Waals surface area (Å²) >= 11 is 0. The lowest BCUT2D eigenvalue weighted by Gasteiger charge is -2.31. The van der Waals surface area contributed by atoms with Crippen LogP contribution >= 0.6 is 0 Å². The number of nitrogens with zero attached hydrogens (tertiary/aromatic N) is 5. The normalized spacial score (nSPS) is 15.6. The van der Waals surface area contributed by atoms with E-state index in [9.17, 15) is 9.18 Å². The van der Waals surface area contributed by atoms with Gasteiger partial charge in [-0.15, -0.1) is 0 Å². The van der Waals surface area contributed by atoms with Crippen LogP contribution < -0.4 is 5.32 Å². The van der Waals surface area contributed by atoms with Crippen molar-refractivity contribution in [1.29, 1.82) is 0 Å². The summed E-state index contributed by atoms with van der Waals surface area (Å²) in [7, 11) is 2.08.